The molecule has 0 saturated carbocycles. The van der Waals surface area contributed by atoms with Crippen molar-refractivity contribution in [1.82, 2.24) is 14.2 Å². The number of hydrogen-bond acceptors (Lipinski definition) is 6. The zero-order valence-electron chi connectivity index (χ0n) is 10.7. The summed E-state index contributed by atoms with van der Waals surface area (Å²) in [7, 11) is -2.16. The zero-order valence-corrected chi connectivity index (χ0v) is 12.3. The number of aromatic nitrogens is 1. The van der Waals surface area contributed by atoms with Crippen LogP contribution in [0.25, 0.3) is 0 Å². The third kappa shape index (κ3) is 2.70. The second kappa shape index (κ2) is 5.52. The van der Waals surface area contributed by atoms with E-state index in [0.29, 0.717) is 6.54 Å². The normalized spacial score (nSPS) is 17.4. The van der Waals surface area contributed by atoms with E-state index in [1.54, 1.807) is 7.05 Å². The van der Waals surface area contributed by atoms with Gasteiger partial charge in [-0.3, -0.25) is 4.79 Å². The maximum Gasteiger partial charge on any atom is 0.245 e. The Bertz CT molecular complexity index is 636. The Morgan fingerprint density at radius 1 is 1.45 bits per heavy atom. The maximum atomic E-state index is 12.4. The average molecular weight is 320 g/mol. The SMILES string of the molecule is CN1CCN(S(=O)(=O)c2cnc(NN)c(Cl)c2)CC1=O. The lowest BCUT2D eigenvalue weighted by molar-refractivity contribution is -0.132. The van der Waals surface area contributed by atoms with E-state index in [9.17, 15) is 13.2 Å². The highest BCUT2D eigenvalue weighted by Crippen LogP contribution is 2.24. The summed E-state index contributed by atoms with van der Waals surface area (Å²) in [5.41, 5.74) is 2.25. The number of likely N-dealkylation sites (N-methyl/N-ethyl adjacent to an activating group) is 1. The third-order valence-electron chi connectivity index (χ3n) is 3.01. The van der Waals surface area contributed by atoms with Crippen LogP contribution in [-0.2, 0) is 14.8 Å². The van der Waals surface area contributed by atoms with E-state index in [0.717, 1.165) is 10.5 Å². The molecule has 20 heavy (non-hydrogen) atoms. The molecular weight excluding hydrogens is 306 g/mol. The van der Waals surface area contributed by atoms with Gasteiger partial charge in [0.2, 0.25) is 15.9 Å². The molecule has 0 aliphatic carbocycles. The highest BCUT2D eigenvalue weighted by atomic mass is 35.5. The standard InChI is InChI=1S/C10H14ClN5O3S/c1-15-2-3-16(6-9(15)17)20(18,19)7-4-8(11)10(14-12)13-5-7/h4-5H,2-3,6,12H2,1H3,(H,13,14). The molecule has 2 heterocycles. The van der Waals surface area contributed by atoms with Crippen LogP contribution in [-0.4, -0.2) is 55.2 Å². The number of sulfonamides is 1. The molecule has 1 aliphatic heterocycles. The first-order chi connectivity index (χ1) is 9.36. The molecule has 1 fully saturated rings. The van der Waals surface area contributed by atoms with E-state index in [-0.39, 0.29) is 34.7 Å². The van der Waals surface area contributed by atoms with Gasteiger partial charge in [-0.25, -0.2) is 19.2 Å². The Labute approximate surface area is 121 Å². The Balaban J connectivity index is 2.31. The Morgan fingerprint density at radius 2 is 2.15 bits per heavy atom. The van der Waals surface area contributed by atoms with Gasteiger partial charge in [-0.05, 0) is 6.07 Å². The minimum Gasteiger partial charge on any atom is -0.343 e. The van der Waals surface area contributed by atoms with Gasteiger partial charge in [0.25, 0.3) is 0 Å². The number of nitrogens with one attached hydrogen (secondary N) is 1. The number of amides is 1. The number of halogens is 1. The van der Waals surface area contributed by atoms with Crippen molar-refractivity contribution in [1.29, 1.82) is 0 Å². The predicted molar refractivity (Wildman–Crippen MR) is 73.5 cm³/mol. The van der Waals surface area contributed by atoms with E-state index >= 15 is 0 Å². The Kier molecular flexibility index (Phi) is 4.14. The van der Waals surface area contributed by atoms with Gasteiger partial charge in [0, 0.05) is 26.3 Å². The van der Waals surface area contributed by atoms with Crippen molar-refractivity contribution in [3.8, 4) is 0 Å². The maximum absolute atomic E-state index is 12.4. The number of hydrazine groups is 1. The number of piperazine rings is 1. The van der Waals surface area contributed by atoms with Gasteiger partial charge in [-0.15, -0.1) is 0 Å². The quantitative estimate of drug-likeness (QED) is 0.573. The fourth-order valence-corrected chi connectivity index (χ4v) is 3.40. The van der Waals surface area contributed by atoms with Crippen LogP contribution in [0.5, 0.6) is 0 Å². The van der Waals surface area contributed by atoms with Gasteiger partial charge < -0.3 is 10.3 Å². The zero-order chi connectivity index (χ0) is 14.9. The van der Waals surface area contributed by atoms with E-state index in [2.05, 4.69) is 10.4 Å². The van der Waals surface area contributed by atoms with Gasteiger partial charge in [0.1, 0.15) is 4.90 Å². The topological polar surface area (TPSA) is 109 Å². The summed E-state index contributed by atoms with van der Waals surface area (Å²) in [4.78, 5) is 16.8. The van der Waals surface area contributed by atoms with Gasteiger partial charge >= 0.3 is 0 Å². The van der Waals surface area contributed by atoms with Gasteiger partial charge in [-0.1, -0.05) is 11.6 Å². The molecule has 2 rings (SSSR count). The molecule has 0 spiro atoms. The van der Waals surface area contributed by atoms with Crippen LogP contribution in [0.1, 0.15) is 0 Å². The Hall–Kier alpha value is -1.42. The van der Waals surface area contributed by atoms with Crippen LogP contribution in [0.3, 0.4) is 0 Å². The van der Waals surface area contributed by atoms with Crippen LogP contribution in [0.4, 0.5) is 5.82 Å². The number of nitrogens with zero attached hydrogens (tertiary/aromatic N) is 3. The van der Waals surface area contributed by atoms with Crippen LogP contribution in [0.15, 0.2) is 17.2 Å². The minimum absolute atomic E-state index is 0.0705. The molecule has 1 saturated heterocycles. The second-order valence-corrected chi connectivity index (χ2v) is 6.64. The van der Waals surface area contributed by atoms with Crippen molar-refractivity contribution in [2.75, 3.05) is 32.1 Å². The molecule has 1 aromatic heterocycles. The lowest BCUT2D eigenvalue weighted by atomic mass is 10.4. The summed E-state index contributed by atoms with van der Waals surface area (Å²) in [5, 5.41) is 0.0917. The van der Waals surface area contributed by atoms with Crippen LogP contribution < -0.4 is 11.3 Å². The number of hydrogen-bond donors (Lipinski definition) is 2. The molecule has 8 nitrogen and oxygen atoms in total. The Morgan fingerprint density at radius 3 is 2.70 bits per heavy atom. The summed E-state index contributed by atoms with van der Waals surface area (Å²) in [5.74, 6) is 5.11. The van der Waals surface area contributed by atoms with Crippen molar-refractivity contribution in [3.05, 3.63) is 17.3 Å². The van der Waals surface area contributed by atoms with Crippen LogP contribution >= 0.6 is 11.6 Å². The monoisotopic (exact) mass is 319 g/mol. The van der Waals surface area contributed by atoms with E-state index in [1.807, 2.05) is 0 Å². The summed E-state index contributed by atoms with van der Waals surface area (Å²) in [6, 6.07) is 1.25. The first kappa shape index (κ1) is 15.0. The number of pyridine rings is 1. The fourth-order valence-electron chi connectivity index (χ4n) is 1.76. The number of nitrogens with two attached hydrogens (primary N) is 1. The lowest BCUT2D eigenvalue weighted by Gasteiger charge is -2.31. The molecule has 110 valence electrons. The molecule has 0 unspecified atom stereocenters. The van der Waals surface area contributed by atoms with Crippen molar-refractivity contribution in [2.45, 2.75) is 4.90 Å². The molecular formula is C10H14ClN5O3S. The van der Waals surface area contributed by atoms with E-state index in [1.165, 1.54) is 11.0 Å². The molecule has 0 atom stereocenters. The summed E-state index contributed by atoms with van der Waals surface area (Å²) in [6.07, 6.45) is 1.15. The summed E-state index contributed by atoms with van der Waals surface area (Å²) < 4.78 is 25.9. The molecule has 0 aromatic carbocycles. The van der Waals surface area contributed by atoms with Gasteiger partial charge in [0.15, 0.2) is 5.82 Å². The van der Waals surface area contributed by atoms with Gasteiger partial charge in [-0.2, -0.15) is 4.31 Å². The molecule has 1 amide bonds. The van der Waals surface area contributed by atoms with Crippen LogP contribution in [0.2, 0.25) is 5.02 Å². The predicted octanol–water partition coefficient (Wildman–Crippen LogP) is -0.517. The molecule has 10 heteroatoms. The second-order valence-electron chi connectivity index (χ2n) is 4.30. The van der Waals surface area contributed by atoms with Gasteiger partial charge in [0.05, 0.1) is 11.6 Å². The average Bonchev–Trinajstić information content (AvgIpc) is 2.41. The number of carbonyl (C=O) groups is 1. The molecule has 0 bridgehead atoms. The van der Waals surface area contributed by atoms with Crippen molar-refractivity contribution in [3.63, 3.8) is 0 Å². The smallest absolute Gasteiger partial charge is 0.245 e. The van der Waals surface area contributed by atoms with E-state index in [4.69, 9.17) is 17.4 Å². The largest absolute Gasteiger partial charge is 0.343 e. The highest BCUT2D eigenvalue weighted by Gasteiger charge is 2.32. The number of carbonyl (C=O) groups excluding carboxylic acids is 1. The number of nitrogen functional groups attached to an aromatic ring is 1. The van der Waals surface area contributed by atoms with E-state index < -0.39 is 10.0 Å². The molecule has 3 N–H and O–H groups in total. The highest BCUT2D eigenvalue weighted by molar-refractivity contribution is 7.89. The van der Waals surface area contributed by atoms with Crippen molar-refractivity contribution < 1.29 is 13.2 Å². The van der Waals surface area contributed by atoms with Crippen molar-refractivity contribution >= 4 is 33.3 Å². The lowest BCUT2D eigenvalue weighted by Crippen LogP contribution is -2.50. The summed E-state index contributed by atoms with van der Waals surface area (Å²) >= 11 is 5.86. The number of anilines is 1. The summed E-state index contributed by atoms with van der Waals surface area (Å²) in [6.45, 7) is 0.397. The first-order valence-corrected chi connectivity index (χ1v) is 7.54. The van der Waals surface area contributed by atoms with Crippen LogP contribution in [0, 0.1) is 0 Å². The first-order valence-electron chi connectivity index (χ1n) is 5.72. The molecule has 1 aliphatic rings. The number of rotatable bonds is 3. The third-order valence-corrected chi connectivity index (χ3v) is 5.11. The molecule has 0 radical (unpaired) electrons. The van der Waals surface area contributed by atoms with Crippen molar-refractivity contribution in [2.24, 2.45) is 5.84 Å². The fraction of sp³-hybridized carbons (Fsp3) is 0.400. The molecule has 1 aromatic rings. The minimum atomic E-state index is -3.80.